The third kappa shape index (κ3) is 3.57. The predicted octanol–water partition coefficient (Wildman–Crippen LogP) is 4.95. The van der Waals surface area contributed by atoms with E-state index < -0.39 is 6.04 Å². The lowest BCUT2D eigenvalue weighted by molar-refractivity contribution is 0.252. The number of rotatable bonds is 5. The molecule has 31 heavy (non-hydrogen) atoms. The Bertz CT molecular complexity index is 1140. The molecule has 5 rings (SSSR count). The zero-order valence-electron chi connectivity index (χ0n) is 17.1. The Kier molecular flexibility index (Phi) is 4.94. The lowest BCUT2D eigenvalue weighted by Crippen LogP contribution is -2.36. The summed E-state index contributed by atoms with van der Waals surface area (Å²) < 4.78 is 16.2. The van der Waals surface area contributed by atoms with Gasteiger partial charge in [-0.1, -0.05) is 35.0 Å². The fourth-order valence-electron chi connectivity index (χ4n) is 3.86. The zero-order valence-corrected chi connectivity index (χ0v) is 17.8. The van der Waals surface area contributed by atoms with Gasteiger partial charge in [0.1, 0.15) is 17.5 Å². The van der Waals surface area contributed by atoms with Crippen molar-refractivity contribution in [2.75, 3.05) is 24.4 Å². The molecule has 0 bridgehead atoms. The molecule has 2 heterocycles. The zero-order chi connectivity index (χ0) is 21.5. The van der Waals surface area contributed by atoms with Crippen molar-refractivity contribution in [3.63, 3.8) is 0 Å². The Morgan fingerprint density at radius 3 is 2.71 bits per heavy atom. The number of para-hydroxylation sites is 1. The maximum absolute atomic E-state index is 13.4. The molecule has 1 fully saturated rings. The van der Waals surface area contributed by atoms with Gasteiger partial charge in [0.15, 0.2) is 5.82 Å². The number of hydrogen-bond acceptors (Lipinski definition) is 6. The number of urea groups is 1. The van der Waals surface area contributed by atoms with Gasteiger partial charge in [-0.05, 0) is 30.5 Å². The molecule has 1 aliphatic carbocycles. The van der Waals surface area contributed by atoms with Gasteiger partial charge in [-0.2, -0.15) is 4.98 Å². The number of methoxy groups -OCH3 is 2. The average molecular weight is 441 g/mol. The third-order valence-electron chi connectivity index (χ3n) is 5.60. The summed E-state index contributed by atoms with van der Waals surface area (Å²) in [4.78, 5) is 19.7. The summed E-state index contributed by atoms with van der Waals surface area (Å²) in [6.45, 7) is 0. The highest BCUT2D eigenvalue weighted by atomic mass is 35.5. The van der Waals surface area contributed by atoms with Crippen LogP contribution in [-0.4, -0.2) is 30.4 Å². The van der Waals surface area contributed by atoms with Crippen LogP contribution in [0.25, 0.3) is 0 Å². The van der Waals surface area contributed by atoms with Crippen LogP contribution in [-0.2, 0) is 6.42 Å². The molecule has 9 heteroatoms. The van der Waals surface area contributed by atoms with E-state index in [0.29, 0.717) is 40.4 Å². The summed E-state index contributed by atoms with van der Waals surface area (Å²) in [6.07, 6.45) is 2.74. The molecule has 1 aliphatic heterocycles. The predicted molar refractivity (Wildman–Crippen MR) is 115 cm³/mol. The van der Waals surface area contributed by atoms with E-state index in [-0.39, 0.29) is 6.03 Å². The number of amides is 2. The average Bonchev–Trinajstić information content (AvgIpc) is 3.37. The molecular formula is C22H21ClN4O4. The van der Waals surface area contributed by atoms with E-state index >= 15 is 0 Å². The van der Waals surface area contributed by atoms with Crippen molar-refractivity contribution >= 4 is 29.0 Å². The molecule has 1 N–H and O–H groups in total. The van der Waals surface area contributed by atoms with Crippen LogP contribution in [0, 0.1) is 0 Å². The largest absolute Gasteiger partial charge is 0.495 e. The van der Waals surface area contributed by atoms with E-state index in [1.54, 1.807) is 17.0 Å². The molecule has 2 aromatic carbocycles. The number of halogens is 1. The first-order valence-corrected chi connectivity index (χ1v) is 10.4. The molecule has 1 aromatic heterocycles. The molecule has 2 amide bonds. The second-order valence-corrected chi connectivity index (χ2v) is 8.01. The number of ether oxygens (including phenoxy) is 2. The minimum absolute atomic E-state index is 0.347. The SMILES string of the molecule is COc1cc(OC)c(NC(=O)N2c3ccccc3CC2c2nc(C3CC3)no2)cc1Cl. The molecule has 160 valence electrons. The normalized spacial score (nSPS) is 17.4. The van der Waals surface area contributed by atoms with E-state index in [4.69, 9.17) is 25.6 Å². The van der Waals surface area contributed by atoms with E-state index in [1.807, 2.05) is 24.3 Å². The Hall–Kier alpha value is -3.26. The number of anilines is 2. The van der Waals surface area contributed by atoms with Gasteiger partial charge in [-0.3, -0.25) is 4.90 Å². The van der Waals surface area contributed by atoms with Gasteiger partial charge in [-0.25, -0.2) is 4.79 Å². The number of fused-ring (bicyclic) bond motifs is 1. The molecule has 2 aliphatic rings. The van der Waals surface area contributed by atoms with Crippen LogP contribution >= 0.6 is 11.6 Å². The van der Waals surface area contributed by atoms with Crippen molar-refractivity contribution in [2.24, 2.45) is 0 Å². The van der Waals surface area contributed by atoms with E-state index in [9.17, 15) is 4.79 Å². The minimum atomic E-state index is -0.392. The molecule has 8 nitrogen and oxygen atoms in total. The highest BCUT2D eigenvalue weighted by Crippen LogP contribution is 2.43. The van der Waals surface area contributed by atoms with Crippen LogP contribution < -0.4 is 19.7 Å². The molecular weight excluding hydrogens is 420 g/mol. The van der Waals surface area contributed by atoms with E-state index in [1.165, 1.54) is 14.2 Å². The van der Waals surface area contributed by atoms with Crippen molar-refractivity contribution in [3.8, 4) is 11.5 Å². The number of carbonyl (C=O) groups excluding carboxylic acids is 1. The first kappa shape index (κ1) is 19.7. The highest BCUT2D eigenvalue weighted by Gasteiger charge is 2.39. The molecule has 1 saturated carbocycles. The summed E-state index contributed by atoms with van der Waals surface area (Å²) >= 11 is 6.27. The standard InChI is InChI=1S/C22H21ClN4O4/c1-29-18-11-19(30-2)15(10-14(18)23)24-22(28)27-16-6-4-3-5-13(16)9-17(27)21-25-20(26-31-21)12-7-8-12/h3-6,10-12,17H,7-9H2,1-2H3,(H,24,28). The van der Waals surface area contributed by atoms with Gasteiger partial charge >= 0.3 is 6.03 Å². The number of hydrogen-bond donors (Lipinski definition) is 1. The summed E-state index contributed by atoms with van der Waals surface area (Å²) in [5.74, 6) is 2.42. The van der Waals surface area contributed by atoms with E-state index in [2.05, 4.69) is 15.5 Å². The maximum atomic E-state index is 13.4. The first-order chi connectivity index (χ1) is 15.1. The number of aromatic nitrogens is 2. The summed E-state index contributed by atoms with van der Waals surface area (Å²) in [5.41, 5.74) is 2.27. The lowest BCUT2D eigenvalue weighted by Gasteiger charge is -2.24. The first-order valence-electron chi connectivity index (χ1n) is 10.0. The van der Waals surface area contributed by atoms with Crippen LogP contribution in [0.3, 0.4) is 0 Å². The monoisotopic (exact) mass is 440 g/mol. The van der Waals surface area contributed by atoms with Gasteiger partial charge in [-0.15, -0.1) is 0 Å². The maximum Gasteiger partial charge on any atom is 0.327 e. The van der Waals surface area contributed by atoms with Crippen molar-refractivity contribution in [3.05, 3.63) is 58.7 Å². The summed E-state index contributed by atoms with van der Waals surface area (Å²) in [5, 5.41) is 7.40. The Morgan fingerprint density at radius 1 is 1.19 bits per heavy atom. The quantitative estimate of drug-likeness (QED) is 0.603. The van der Waals surface area contributed by atoms with Crippen LogP contribution in [0.5, 0.6) is 11.5 Å². The minimum Gasteiger partial charge on any atom is -0.495 e. The van der Waals surface area contributed by atoms with Gasteiger partial charge in [0.05, 0.1) is 24.9 Å². The topological polar surface area (TPSA) is 89.7 Å². The molecule has 1 atom stereocenters. The second kappa shape index (κ2) is 7.77. The van der Waals surface area contributed by atoms with Gasteiger partial charge in [0, 0.05) is 24.1 Å². The van der Waals surface area contributed by atoms with Crippen LogP contribution in [0.4, 0.5) is 16.2 Å². The molecule has 0 spiro atoms. The molecule has 3 aromatic rings. The van der Waals surface area contributed by atoms with Gasteiger partial charge in [0.25, 0.3) is 0 Å². The van der Waals surface area contributed by atoms with Gasteiger partial charge in [0.2, 0.25) is 5.89 Å². The van der Waals surface area contributed by atoms with Crippen molar-refractivity contribution in [1.82, 2.24) is 10.1 Å². The van der Waals surface area contributed by atoms with Crippen molar-refractivity contribution < 1.29 is 18.8 Å². The number of nitrogens with zero attached hydrogens (tertiary/aromatic N) is 3. The highest BCUT2D eigenvalue weighted by molar-refractivity contribution is 6.32. The third-order valence-corrected chi connectivity index (χ3v) is 5.89. The molecule has 0 saturated heterocycles. The van der Waals surface area contributed by atoms with Gasteiger partial charge < -0.3 is 19.3 Å². The second-order valence-electron chi connectivity index (χ2n) is 7.60. The van der Waals surface area contributed by atoms with E-state index in [0.717, 1.165) is 29.9 Å². The van der Waals surface area contributed by atoms with Crippen LogP contribution in [0.1, 0.15) is 42.1 Å². The Morgan fingerprint density at radius 2 is 1.97 bits per heavy atom. The van der Waals surface area contributed by atoms with Crippen molar-refractivity contribution in [1.29, 1.82) is 0 Å². The van der Waals surface area contributed by atoms with Crippen molar-refractivity contribution in [2.45, 2.75) is 31.2 Å². The Labute approximate surface area is 184 Å². The summed E-state index contributed by atoms with van der Waals surface area (Å²) in [7, 11) is 3.04. The lowest BCUT2D eigenvalue weighted by atomic mass is 10.1. The summed E-state index contributed by atoms with van der Waals surface area (Å²) in [6, 6.07) is 10.3. The number of benzene rings is 2. The number of carbonyl (C=O) groups is 1. The van der Waals surface area contributed by atoms with Crippen LogP contribution in [0.2, 0.25) is 5.02 Å². The molecule has 1 unspecified atom stereocenters. The fraction of sp³-hybridized carbons (Fsp3) is 0.318. The Balaban J connectivity index is 1.48. The fourth-order valence-corrected chi connectivity index (χ4v) is 4.10. The number of nitrogens with one attached hydrogen (secondary N) is 1. The smallest absolute Gasteiger partial charge is 0.327 e. The molecule has 0 radical (unpaired) electrons. The van der Waals surface area contributed by atoms with Crippen LogP contribution in [0.15, 0.2) is 40.9 Å².